The highest BCUT2D eigenvalue weighted by molar-refractivity contribution is 6.33. The van der Waals surface area contributed by atoms with Gasteiger partial charge in [0.25, 0.3) is 5.91 Å². The average Bonchev–Trinajstić information content (AvgIpc) is 3.16. The second-order valence-corrected chi connectivity index (χ2v) is 6.46. The van der Waals surface area contributed by atoms with Crippen LogP contribution in [0.2, 0.25) is 5.02 Å². The molecule has 1 saturated heterocycles. The molecule has 138 valence electrons. The molecule has 2 aromatic rings. The van der Waals surface area contributed by atoms with Gasteiger partial charge < -0.3 is 19.6 Å². The Morgan fingerprint density at radius 2 is 1.96 bits per heavy atom. The van der Waals surface area contributed by atoms with E-state index < -0.39 is 5.91 Å². The number of aromatic nitrogens is 1. The van der Waals surface area contributed by atoms with Crippen molar-refractivity contribution in [1.29, 1.82) is 0 Å². The predicted octanol–water partition coefficient (Wildman–Crippen LogP) is 1.89. The van der Waals surface area contributed by atoms with Gasteiger partial charge in [-0.2, -0.15) is 0 Å². The van der Waals surface area contributed by atoms with Crippen LogP contribution in [0.4, 0.5) is 0 Å². The molecule has 0 radical (unpaired) electrons. The zero-order valence-electron chi connectivity index (χ0n) is 14.6. The molecule has 1 aliphatic rings. The minimum atomic E-state index is -0.451. The highest BCUT2D eigenvalue weighted by Crippen LogP contribution is 2.27. The number of likely N-dealkylation sites (N-methyl/N-ethyl adjacent to an activating group) is 1. The van der Waals surface area contributed by atoms with Crippen LogP contribution < -0.4 is 5.32 Å². The van der Waals surface area contributed by atoms with Crippen molar-refractivity contribution in [2.24, 2.45) is 0 Å². The van der Waals surface area contributed by atoms with E-state index in [2.05, 4.69) is 22.3 Å². The molecule has 26 heavy (non-hydrogen) atoms. The van der Waals surface area contributed by atoms with E-state index in [-0.39, 0.29) is 18.1 Å². The third-order valence-corrected chi connectivity index (χ3v) is 4.78. The van der Waals surface area contributed by atoms with Crippen LogP contribution >= 0.6 is 11.6 Å². The molecule has 1 fully saturated rings. The summed E-state index contributed by atoms with van der Waals surface area (Å²) in [6.07, 6.45) is 0. The maximum Gasteiger partial charge on any atom is 0.273 e. The second kappa shape index (κ2) is 8.33. The first-order valence-electron chi connectivity index (χ1n) is 8.58. The lowest BCUT2D eigenvalue weighted by atomic mass is 10.1. The zero-order chi connectivity index (χ0) is 18.5. The van der Waals surface area contributed by atoms with Crippen molar-refractivity contribution < 1.29 is 14.1 Å². The Kier molecular flexibility index (Phi) is 5.90. The van der Waals surface area contributed by atoms with Crippen LogP contribution in [0.5, 0.6) is 0 Å². The summed E-state index contributed by atoms with van der Waals surface area (Å²) in [5.74, 6) is -0.140. The number of nitrogens with one attached hydrogen (secondary N) is 1. The molecule has 0 unspecified atom stereocenters. The Labute approximate surface area is 156 Å². The lowest BCUT2D eigenvalue weighted by Crippen LogP contribution is -2.51. The van der Waals surface area contributed by atoms with Gasteiger partial charge in [0.1, 0.15) is 0 Å². The minimum absolute atomic E-state index is 0.0563. The molecular weight excluding hydrogens is 356 g/mol. The number of halogens is 1. The number of hydrogen-bond acceptors (Lipinski definition) is 5. The van der Waals surface area contributed by atoms with Crippen molar-refractivity contribution in [2.75, 3.05) is 39.3 Å². The molecule has 1 aromatic heterocycles. The van der Waals surface area contributed by atoms with Crippen LogP contribution in [-0.4, -0.2) is 66.0 Å². The topological polar surface area (TPSA) is 78.7 Å². The van der Waals surface area contributed by atoms with E-state index in [4.69, 9.17) is 16.1 Å². The van der Waals surface area contributed by atoms with Crippen LogP contribution in [0.25, 0.3) is 11.3 Å². The van der Waals surface area contributed by atoms with Gasteiger partial charge in [0.15, 0.2) is 11.5 Å². The maximum atomic E-state index is 12.2. The van der Waals surface area contributed by atoms with E-state index in [1.807, 2.05) is 12.1 Å². The molecule has 1 aliphatic heterocycles. The summed E-state index contributed by atoms with van der Waals surface area (Å²) >= 11 is 6.12. The Morgan fingerprint density at radius 3 is 2.65 bits per heavy atom. The van der Waals surface area contributed by atoms with Gasteiger partial charge in [0.2, 0.25) is 5.91 Å². The number of amides is 2. The summed E-state index contributed by atoms with van der Waals surface area (Å²) in [5, 5.41) is 6.88. The van der Waals surface area contributed by atoms with Gasteiger partial charge in [0, 0.05) is 37.8 Å². The number of hydrogen-bond donors (Lipinski definition) is 1. The van der Waals surface area contributed by atoms with Crippen LogP contribution in [0, 0.1) is 0 Å². The number of piperazine rings is 1. The molecule has 7 nitrogen and oxygen atoms in total. The minimum Gasteiger partial charge on any atom is -0.355 e. The SMILES string of the molecule is CCN1CCN(C(=O)CNC(=O)c2cc(-c3ccccc3Cl)on2)CC1. The van der Waals surface area contributed by atoms with Gasteiger partial charge in [0.05, 0.1) is 11.6 Å². The highest BCUT2D eigenvalue weighted by atomic mass is 35.5. The molecule has 2 amide bonds. The molecule has 3 rings (SSSR count). The monoisotopic (exact) mass is 376 g/mol. The summed E-state index contributed by atoms with van der Waals surface area (Å²) in [6.45, 7) is 6.12. The van der Waals surface area contributed by atoms with Gasteiger partial charge in [-0.1, -0.05) is 35.8 Å². The molecule has 2 heterocycles. The van der Waals surface area contributed by atoms with Crippen molar-refractivity contribution in [2.45, 2.75) is 6.92 Å². The smallest absolute Gasteiger partial charge is 0.273 e. The molecule has 1 aromatic carbocycles. The Morgan fingerprint density at radius 1 is 1.23 bits per heavy atom. The predicted molar refractivity (Wildman–Crippen MR) is 98.0 cm³/mol. The lowest BCUT2D eigenvalue weighted by molar-refractivity contribution is -0.131. The molecule has 0 aliphatic carbocycles. The van der Waals surface area contributed by atoms with Crippen LogP contribution in [0.15, 0.2) is 34.9 Å². The van der Waals surface area contributed by atoms with E-state index >= 15 is 0 Å². The van der Waals surface area contributed by atoms with Crippen molar-refractivity contribution in [1.82, 2.24) is 20.3 Å². The van der Waals surface area contributed by atoms with E-state index in [1.54, 1.807) is 17.0 Å². The van der Waals surface area contributed by atoms with Crippen molar-refractivity contribution in [3.63, 3.8) is 0 Å². The standard InChI is InChI=1S/C18H21ClN4O3/c1-2-22-7-9-23(10-8-22)17(24)12-20-18(25)15-11-16(26-21-15)13-5-3-4-6-14(13)19/h3-6,11H,2,7-10,12H2,1H3,(H,20,25). The molecule has 1 N–H and O–H groups in total. The van der Waals surface area contributed by atoms with E-state index in [0.717, 1.165) is 19.6 Å². The quantitative estimate of drug-likeness (QED) is 0.862. The first kappa shape index (κ1) is 18.4. The second-order valence-electron chi connectivity index (χ2n) is 6.05. The maximum absolute atomic E-state index is 12.2. The Balaban J connectivity index is 1.54. The third kappa shape index (κ3) is 4.23. The first-order chi connectivity index (χ1) is 12.6. The summed E-state index contributed by atoms with van der Waals surface area (Å²) in [4.78, 5) is 28.5. The first-order valence-corrected chi connectivity index (χ1v) is 8.96. The number of nitrogens with zero attached hydrogens (tertiary/aromatic N) is 3. The molecular formula is C18H21ClN4O3. The van der Waals surface area contributed by atoms with Gasteiger partial charge in [-0.3, -0.25) is 9.59 Å². The van der Waals surface area contributed by atoms with Crippen LogP contribution in [0.3, 0.4) is 0 Å². The van der Waals surface area contributed by atoms with Crippen molar-refractivity contribution in [3.8, 4) is 11.3 Å². The fourth-order valence-corrected chi connectivity index (χ4v) is 3.07. The van der Waals surface area contributed by atoms with Gasteiger partial charge >= 0.3 is 0 Å². The normalized spacial score (nSPS) is 15.1. The molecule has 0 spiro atoms. The lowest BCUT2D eigenvalue weighted by Gasteiger charge is -2.34. The van der Waals surface area contributed by atoms with E-state index in [9.17, 15) is 9.59 Å². The average molecular weight is 377 g/mol. The number of rotatable bonds is 5. The van der Waals surface area contributed by atoms with Crippen molar-refractivity contribution in [3.05, 3.63) is 41.0 Å². The largest absolute Gasteiger partial charge is 0.355 e. The molecule has 0 bridgehead atoms. The fraction of sp³-hybridized carbons (Fsp3) is 0.389. The summed E-state index contributed by atoms with van der Waals surface area (Å²) < 4.78 is 5.20. The van der Waals surface area contributed by atoms with Crippen LogP contribution in [-0.2, 0) is 4.79 Å². The van der Waals surface area contributed by atoms with Gasteiger partial charge in [-0.15, -0.1) is 0 Å². The van der Waals surface area contributed by atoms with Gasteiger partial charge in [-0.25, -0.2) is 0 Å². The summed E-state index contributed by atoms with van der Waals surface area (Å²) in [7, 11) is 0. The van der Waals surface area contributed by atoms with Gasteiger partial charge in [-0.05, 0) is 18.7 Å². The zero-order valence-corrected chi connectivity index (χ0v) is 15.3. The fourth-order valence-electron chi connectivity index (χ4n) is 2.84. The molecule has 8 heteroatoms. The number of carbonyl (C=O) groups is 2. The van der Waals surface area contributed by atoms with Crippen LogP contribution in [0.1, 0.15) is 17.4 Å². The van der Waals surface area contributed by atoms with E-state index in [0.29, 0.717) is 29.4 Å². The van der Waals surface area contributed by atoms with Crippen molar-refractivity contribution >= 4 is 23.4 Å². The Hall–Kier alpha value is -2.38. The summed E-state index contributed by atoms with van der Waals surface area (Å²) in [5.41, 5.74) is 0.772. The summed E-state index contributed by atoms with van der Waals surface area (Å²) in [6, 6.07) is 8.66. The van der Waals surface area contributed by atoms with E-state index in [1.165, 1.54) is 6.07 Å². The number of benzene rings is 1. The third-order valence-electron chi connectivity index (χ3n) is 4.45. The Bertz CT molecular complexity index is 784. The molecule has 0 saturated carbocycles. The highest BCUT2D eigenvalue weighted by Gasteiger charge is 2.21. The molecule has 0 atom stereocenters. The number of carbonyl (C=O) groups excluding carboxylic acids is 2.